The van der Waals surface area contributed by atoms with Gasteiger partial charge in [0.05, 0.1) is 5.52 Å². The molecule has 0 saturated heterocycles. The van der Waals surface area contributed by atoms with E-state index in [1.54, 1.807) is 16.3 Å². The van der Waals surface area contributed by atoms with Gasteiger partial charge in [0.15, 0.2) is 0 Å². The van der Waals surface area contributed by atoms with Crippen molar-refractivity contribution < 1.29 is 9.53 Å². The SMILES string of the molecule is CC(C)(C)OC(=O)n1cc(Sc2ccccc2Br)c2ccccc21. The average molecular weight is 404 g/mol. The van der Waals surface area contributed by atoms with Gasteiger partial charge in [0.2, 0.25) is 0 Å². The summed E-state index contributed by atoms with van der Waals surface area (Å²) < 4.78 is 8.14. The van der Waals surface area contributed by atoms with Crippen LogP contribution in [0.25, 0.3) is 10.9 Å². The molecule has 2 aromatic carbocycles. The number of benzene rings is 2. The van der Waals surface area contributed by atoms with Crippen LogP contribution in [0, 0.1) is 0 Å². The molecule has 124 valence electrons. The van der Waals surface area contributed by atoms with E-state index in [4.69, 9.17) is 4.74 Å². The van der Waals surface area contributed by atoms with Gasteiger partial charge in [-0.05, 0) is 54.9 Å². The normalized spacial score (nSPS) is 11.7. The van der Waals surface area contributed by atoms with E-state index in [9.17, 15) is 4.79 Å². The predicted molar refractivity (Wildman–Crippen MR) is 102 cm³/mol. The first-order chi connectivity index (χ1) is 11.3. The maximum absolute atomic E-state index is 12.5. The first-order valence-corrected chi connectivity index (χ1v) is 9.22. The van der Waals surface area contributed by atoms with Crippen molar-refractivity contribution in [2.75, 3.05) is 0 Å². The summed E-state index contributed by atoms with van der Waals surface area (Å²) in [5.74, 6) is 0. The number of carbonyl (C=O) groups is 1. The van der Waals surface area contributed by atoms with E-state index in [-0.39, 0.29) is 6.09 Å². The lowest BCUT2D eigenvalue weighted by Crippen LogP contribution is -2.26. The van der Waals surface area contributed by atoms with E-state index in [0.717, 1.165) is 25.2 Å². The maximum atomic E-state index is 12.5. The van der Waals surface area contributed by atoms with E-state index >= 15 is 0 Å². The van der Waals surface area contributed by atoms with Gasteiger partial charge >= 0.3 is 6.09 Å². The third-order valence-electron chi connectivity index (χ3n) is 3.32. The maximum Gasteiger partial charge on any atom is 0.419 e. The fraction of sp³-hybridized carbons (Fsp3) is 0.211. The number of hydrogen-bond acceptors (Lipinski definition) is 3. The van der Waals surface area contributed by atoms with Gasteiger partial charge in [-0.3, -0.25) is 4.57 Å². The second kappa shape index (κ2) is 6.65. The van der Waals surface area contributed by atoms with Crippen LogP contribution in [0.1, 0.15) is 20.8 Å². The molecule has 0 atom stereocenters. The standard InChI is InChI=1S/C19H18BrNO2S/c1-19(2,3)23-18(22)21-12-17(13-8-4-6-10-15(13)21)24-16-11-7-5-9-14(16)20/h4-12H,1-3H3. The number of carbonyl (C=O) groups excluding carboxylic acids is 1. The summed E-state index contributed by atoms with van der Waals surface area (Å²) in [5.41, 5.74) is 0.319. The molecule has 0 spiro atoms. The minimum absolute atomic E-state index is 0.363. The van der Waals surface area contributed by atoms with Crippen LogP contribution in [0.5, 0.6) is 0 Å². The van der Waals surface area contributed by atoms with Crippen molar-refractivity contribution in [2.24, 2.45) is 0 Å². The number of hydrogen-bond donors (Lipinski definition) is 0. The molecule has 1 aromatic heterocycles. The highest BCUT2D eigenvalue weighted by Crippen LogP contribution is 2.38. The van der Waals surface area contributed by atoms with E-state index in [0.29, 0.717) is 0 Å². The second-order valence-corrected chi connectivity index (χ2v) is 8.33. The van der Waals surface area contributed by atoms with Crippen molar-refractivity contribution in [2.45, 2.75) is 36.2 Å². The zero-order chi connectivity index (χ0) is 17.3. The Hall–Kier alpha value is -1.72. The Morgan fingerprint density at radius 2 is 1.71 bits per heavy atom. The number of halogens is 1. The molecule has 0 fully saturated rings. The van der Waals surface area contributed by atoms with Crippen LogP contribution in [0.4, 0.5) is 4.79 Å². The molecule has 24 heavy (non-hydrogen) atoms. The number of aromatic nitrogens is 1. The summed E-state index contributed by atoms with van der Waals surface area (Å²) in [6.07, 6.45) is 1.49. The summed E-state index contributed by atoms with van der Waals surface area (Å²) in [7, 11) is 0. The van der Waals surface area contributed by atoms with Gasteiger partial charge in [-0.2, -0.15) is 0 Å². The minimum Gasteiger partial charge on any atom is -0.443 e. The first-order valence-electron chi connectivity index (χ1n) is 7.61. The molecular formula is C19H18BrNO2S. The van der Waals surface area contributed by atoms with Crippen LogP contribution < -0.4 is 0 Å². The first kappa shape index (κ1) is 17.1. The van der Waals surface area contributed by atoms with Crippen molar-refractivity contribution >= 4 is 44.7 Å². The molecular weight excluding hydrogens is 386 g/mol. The van der Waals surface area contributed by atoms with Crippen molar-refractivity contribution in [1.29, 1.82) is 0 Å². The number of fused-ring (bicyclic) bond motifs is 1. The van der Waals surface area contributed by atoms with E-state index in [1.807, 2.05) is 75.5 Å². The molecule has 0 aliphatic heterocycles. The molecule has 0 unspecified atom stereocenters. The van der Waals surface area contributed by atoms with Gasteiger partial charge in [0.25, 0.3) is 0 Å². The Morgan fingerprint density at radius 3 is 2.42 bits per heavy atom. The molecule has 3 rings (SSSR count). The highest BCUT2D eigenvalue weighted by atomic mass is 79.9. The van der Waals surface area contributed by atoms with Gasteiger partial charge in [-0.25, -0.2) is 4.79 Å². The van der Waals surface area contributed by atoms with Gasteiger partial charge in [0.1, 0.15) is 5.60 Å². The van der Waals surface area contributed by atoms with Crippen molar-refractivity contribution in [1.82, 2.24) is 4.57 Å². The summed E-state index contributed by atoms with van der Waals surface area (Å²) in [4.78, 5) is 14.6. The summed E-state index contributed by atoms with van der Waals surface area (Å²) in [5, 5.41) is 1.03. The lowest BCUT2D eigenvalue weighted by Gasteiger charge is -2.19. The molecule has 3 nitrogen and oxygen atoms in total. The largest absolute Gasteiger partial charge is 0.443 e. The number of nitrogens with zero attached hydrogens (tertiary/aromatic N) is 1. The fourth-order valence-electron chi connectivity index (χ4n) is 2.34. The molecule has 0 radical (unpaired) electrons. The molecule has 3 aromatic rings. The second-order valence-electron chi connectivity index (χ2n) is 6.39. The van der Waals surface area contributed by atoms with E-state index < -0.39 is 5.60 Å². The lowest BCUT2D eigenvalue weighted by atomic mass is 10.2. The van der Waals surface area contributed by atoms with Gasteiger partial charge in [-0.15, -0.1) is 0 Å². The Labute approximate surface area is 154 Å². The van der Waals surface area contributed by atoms with Gasteiger partial charge in [0, 0.05) is 25.8 Å². The molecule has 0 saturated carbocycles. The Balaban J connectivity index is 2.04. The monoisotopic (exact) mass is 403 g/mol. The summed E-state index contributed by atoms with van der Waals surface area (Å²) >= 11 is 5.20. The average Bonchev–Trinajstić information content (AvgIpc) is 2.87. The predicted octanol–water partition coefficient (Wildman–Crippen LogP) is 6.34. The molecule has 0 aliphatic carbocycles. The third-order valence-corrected chi connectivity index (χ3v) is 5.40. The zero-order valence-electron chi connectivity index (χ0n) is 13.7. The topological polar surface area (TPSA) is 31.2 Å². The van der Waals surface area contributed by atoms with Crippen LogP contribution in [-0.2, 0) is 4.74 Å². The van der Waals surface area contributed by atoms with Crippen LogP contribution in [-0.4, -0.2) is 16.3 Å². The van der Waals surface area contributed by atoms with E-state index in [1.165, 1.54) is 0 Å². The molecule has 0 aliphatic rings. The third kappa shape index (κ3) is 3.68. The van der Waals surface area contributed by atoms with Crippen LogP contribution in [0.3, 0.4) is 0 Å². The lowest BCUT2D eigenvalue weighted by molar-refractivity contribution is 0.0544. The highest BCUT2D eigenvalue weighted by molar-refractivity contribution is 9.10. The van der Waals surface area contributed by atoms with Crippen LogP contribution >= 0.6 is 27.7 Å². The van der Waals surface area contributed by atoms with Gasteiger partial charge < -0.3 is 4.74 Å². The van der Waals surface area contributed by atoms with Crippen LogP contribution in [0.15, 0.2) is 69.0 Å². The quantitative estimate of drug-likeness (QED) is 0.500. The highest BCUT2D eigenvalue weighted by Gasteiger charge is 2.21. The fourth-order valence-corrected chi connectivity index (χ4v) is 3.86. The Kier molecular flexibility index (Phi) is 4.74. The Bertz CT molecular complexity index is 896. The number of ether oxygens (including phenoxy) is 1. The Morgan fingerprint density at radius 1 is 1.04 bits per heavy atom. The number of para-hydroxylation sites is 1. The minimum atomic E-state index is -0.530. The zero-order valence-corrected chi connectivity index (χ0v) is 16.1. The number of rotatable bonds is 2. The van der Waals surface area contributed by atoms with Crippen molar-refractivity contribution in [3.8, 4) is 0 Å². The van der Waals surface area contributed by atoms with Crippen molar-refractivity contribution in [3.05, 3.63) is 59.2 Å². The summed E-state index contributed by atoms with van der Waals surface area (Å²) in [6, 6.07) is 15.9. The summed E-state index contributed by atoms with van der Waals surface area (Å²) in [6.45, 7) is 5.61. The van der Waals surface area contributed by atoms with Crippen molar-refractivity contribution in [3.63, 3.8) is 0 Å². The molecule has 5 heteroatoms. The van der Waals surface area contributed by atoms with Crippen LogP contribution in [0.2, 0.25) is 0 Å². The smallest absolute Gasteiger partial charge is 0.419 e. The molecule has 1 heterocycles. The molecule has 0 N–H and O–H groups in total. The molecule has 0 bridgehead atoms. The van der Waals surface area contributed by atoms with E-state index in [2.05, 4.69) is 15.9 Å². The van der Waals surface area contributed by atoms with Gasteiger partial charge in [-0.1, -0.05) is 42.1 Å². The molecule has 0 amide bonds.